The summed E-state index contributed by atoms with van der Waals surface area (Å²) in [4.78, 5) is 0. The summed E-state index contributed by atoms with van der Waals surface area (Å²) in [5, 5.41) is 3.90. The average Bonchev–Trinajstić information content (AvgIpc) is 3.16. The third-order valence-corrected chi connectivity index (χ3v) is 4.45. The first-order chi connectivity index (χ1) is 7.85. The molecule has 0 bridgehead atoms. The van der Waals surface area contributed by atoms with Gasteiger partial charge >= 0.3 is 0 Å². The molecule has 0 saturated heterocycles. The second-order valence-electron chi connectivity index (χ2n) is 6.03. The van der Waals surface area contributed by atoms with Crippen molar-refractivity contribution >= 4 is 0 Å². The first-order valence-electron chi connectivity index (χ1n) is 7.58. The van der Waals surface area contributed by atoms with Crippen molar-refractivity contribution < 1.29 is 0 Å². The molecule has 0 radical (unpaired) electrons. The van der Waals surface area contributed by atoms with E-state index in [1.807, 2.05) is 0 Å². The Labute approximate surface area is 101 Å². The third-order valence-electron chi connectivity index (χ3n) is 4.45. The largest absolute Gasteiger partial charge is 0.313 e. The van der Waals surface area contributed by atoms with Crippen molar-refractivity contribution in [2.24, 2.45) is 17.8 Å². The summed E-state index contributed by atoms with van der Waals surface area (Å²) in [5.41, 5.74) is 0. The van der Waals surface area contributed by atoms with Gasteiger partial charge in [-0.25, -0.2) is 0 Å². The van der Waals surface area contributed by atoms with Gasteiger partial charge in [0.2, 0.25) is 0 Å². The van der Waals surface area contributed by atoms with E-state index in [0.717, 1.165) is 23.8 Å². The van der Waals surface area contributed by atoms with Crippen LogP contribution in [0.4, 0.5) is 0 Å². The molecule has 2 fully saturated rings. The van der Waals surface area contributed by atoms with E-state index in [9.17, 15) is 0 Å². The highest BCUT2D eigenvalue weighted by molar-refractivity contribution is 4.96. The van der Waals surface area contributed by atoms with Crippen LogP contribution >= 0.6 is 0 Å². The molecule has 94 valence electrons. The Morgan fingerprint density at radius 3 is 2.12 bits per heavy atom. The van der Waals surface area contributed by atoms with Crippen molar-refractivity contribution in [2.45, 2.75) is 71.3 Å². The van der Waals surface area contributed by atoms with E-state index in [1.54, 1.807) is 0 Å². The molecule has 0 amide bonds. The van der Waals surface area contributed by atoms with Crippen molar-refractivity contribution in [2.75, 3.05) is 6.54 Å². The van der Waals surface area contributed by atoms with Crippen molar-refractivity contribution in [1.82, 2.24) is 5.32 Å². The van der Waals surface area contributed by atoms with Crippen molar-refractivity contribution in [3.8, 4) is 0 Å². The molecule has 1 atom stereocenters. The number of hydrogen-bond acceptors (Lipinski definition) is 1. The molecular weight excluding hydrogens is 194 g/mol. The van der Waals surface area contributed by atoms with Gasteiger partial charge in [0, 0.05) is 6.04 Å². The Hall–Kier alpha value is -0.0400. The Kier molecular flexibility index (Phi) is 4.69. The standard InChI is InChI=1S/C15H29N/c1-3-5-6-12(4-2)11-16-15(13-7-8-13)14-9-10-14/h12-16H,3-11H2,1-2H3. The summed E-state index contributed by atoms with van der Waals surface area (Å²) in [5.74, 6) is 3.03. The normalized spacial score (nSPS) is 22.7. The van der Waals surface area contributed by atoms with Gasteiger partial charge in [-0.2, -0.15) is 0 Å². The van der Waals surface area contributed by atoms with Gasteiger partial charge in [-0.15, -0.1) is 0 Å². The van der Waals surface area contributed by atoms with Crippen molar-refractivity contribution in [3.63, 3.8) is 0 Å². The Balaban J connectivity index is 1.66. The summed E-state index contributed by atoms with van der Waals surface area (Å²) in [7, 11) is 0. The maximum atomic E-state index is 3.90. The lowest BCUT2D eigenvalue weighted by Gasteiger charge is -2.22. The molecule has 1 nitrogen and oxygen atoms in total. The Morgan fingerprint density at radius 2 is 1.69 bits per heavy atom. The quantitative estimate of drug-likeness (QED) is 0.623. The molecule has 1 unspecified atom stereocenters. The topological polar surface area (TPSA) is 12.0 Å². The molecule has 0 aliphatic heterocycles. The predicted molar refractivity (Wildman–Crippen MR) is 70.5 cm³/mol. The van der Waals surface area contributed by atoms with E-state index in [2.05, 4.69) is 19.2 Å². The van der Waals surface area contributed by atoms with E-state index in [0.29, 0.717) is 0 Å². The number of hydrogen-bond donors (Lipinski definition) is 1. The maximum Gasteiger partial charge on any atom is 0.0124 e. The van der Waals surface area contributed by atoms with E-state index in [4.69, 9.17) is 0 Å². The zero-order valence-corrected chi connectivity index (χ0v) is 11.2. The molecule has 0 aromatic rings. The Bertz CT molecular complexity index is 182. The molecule has 1 N–H and O–H groups in total. The fourth-order valence-corrected chi connectivity index (χ4v) is 2.87. The minimum absolute atomic E-state index is 0.899. The average molecular weight is 223 g/mol. The van der Waals surface area contributed by atoms with Gasteiger partial charge in [-0.1, -0.05) is 33.1 Å². The van der Waals surface area contributed by atoms with Crippen LogP contribution in [-0.2, 0) is 0 Å². The highest BCUT2D eigenvalue weighted by Gasteiger charge is 2.41. The van der Waals surface area contributed by atoms with Gasteiger partial charge in [-0.3, -0.25) is 0 Å². The fourth-order valence-electron chi connectivity index (χ4n) is 2.87. The molecule has 2 saturated carbocycles. The monoisotopic (exact) mass is 223 g/mol. The summed E-state index contributed by atoms with van der Waals surface area (Å²) in [6.45, 7) is 5.94. The first kappa shape index (κ1) is 12.4. The number of nitrogens with one attached hydrogen (secondary N) is 1. The third kappa shape index (κ3) is 3.76. The Morgan fingerprint density at radius 1 is 1.06 bits per heavy atom. The van der Waals surface area contributed by atoms with Gasteiger partial charge in [0.25, 0.3) is 0 Å². The number of unbranched alkanes of at least 4 members (excludes halogenated alkanes) is 1. The van der Waals surface area contributed by atoms with Crippen LogP contribution in [-0.4, -0.2) is 12.6 Å². The zero-order chi connectivity index (χ0) is 11.4. The smallest absolute Gasteiger partial charge is 0.0124 e. The van der Waals surface area contributed by atoms with Crippen LogP contribution in [0.1, 0.15) is 65.2 Å². The summed E-state index contributed by atoms with van der Waals surface area (Å²) >= 11 is 0. The molecule has 1 heteroatoms. The number of rotatable bonds is 9. The molecule has 2 rings (SSSR count). The molecule has 2 aliphatic rings. The summed E-state index contributed by atoms with van der Waals surface area (Å²) in [6, 6.07) is 0.899. The lowest BCUT2D eigenvalue weighted by Crippen LogP contribution is -2.36. The van der Waals surface area contributed by atoms with Gasteiger partial charge in [0.1, 0.15) is 0 Å². The lowest BCUT2D eigenvalue weighted by molar-refractivity contribution is 0.349. The molecular formula is C15H29N. The minimum Gasteiger partial charge on any atom is -0.313 e. The zero-order valence-electron chi connectivity index (χ0n) is 11.2. The highest BCUT2D eigenvalue weighted by Crippen LogP contribution is 2.44. The van der Waals surface area contributed by atoms with Crippen LogP contribution < -0.4 is 5.32 Å². The van der Waals surface area contributed by atoms with E-state index >= 15 is 0 Å². The predicted octanol–water partition coefficient (Wildman–Crippen LogP) is 3.98. The molecule has 2 aliphatic carbocycles. The van der Waals surface area contributed by atoms with Crippen LogP contribution in [0, 0.1) is 17.8 Å². The lowest BCUT2D eigenvalue weighted by atomic mass is 9.98. The maximum absolute atomic E-state index is 3.90. The van der Waals surface area contributed by atoms with Crippen LogP contribution in [0.3, 0.4) is 0 Å². The highest BCUT2D eigenvalue weighted by atomic mass is 14.9. The fraction of sp³-hybridized carbons (Fsp3) is 1.00. The van der Waals surface area contributed by atoms with Crippen LogP contribution in [0.2, 0.25) is 0 Å². The van der Waals surface area contributed by atoms with Crippen LogP contribution in [0.5, 0.6) is 0 Å². The first-order valence-corrected chi connectivity index (χ1v) is 7.58. The second kappa shape index (κ2) is 6.05. The molecule has 16 heavy (non-hydrogen) atoms. The van der Waals surface area contributed by atoms with Gasteiger partial charge in [-0.05, 0) is 56.4 Å². The summed E-state index contributed by atoms with van der Waals surface area (Å²) < 4.78 is 0. The van der Waals surface area contributed by atoms with Gasteiger partial charge < -0.3 is 5.32 Å². The van der Waals surface area contributed by atoms with E-state index < -0.39 is 0 Å². The molecule has 0 aromatic heterocycles. The van der Waals surface area contributed by atoms with E-state index in [-0.39, 0.29) is 0 Å². The van der Waals surface area contributed by atoms with Gasteiger partial charge in [0.05, 0.1) is 0 Å². The second-order valence-corrected chi connectivity index (χ2v) is 6.03. The molecule has 0 spiro atoms. The van der Waals surface area contributed by atoms with Crippen LogP contribution in [0.15, 0.2) is 0 Å². The SMILES string of the molecule is CCCCC(CC)CNC(C1CC1)C1CC1. The van der Waals surface area contributed by atoms with E-state index in [1.165, 1.54) is 57.9 Å². The van der Waals surface area contributed by atoms with Crippen LogP contribution in [0.25, 0.3) is 0 Å². The van der Waals surface area contributed by atoms with Gasteiger partial charge in [0.15, 0.2) is 0 Å². The molecule has 0 aromatic carbocycles. The van der Waals surface area contributed by atoms with Crippen molar-refractivity contribution in [3.05, 3.63) is 0 Å². The molecule has 0 heterocycles. The minimum atomic E-state index is 0.899. The summed E-state index contributed by atoms with van der Waals surface area (Å²) in [6.07, 6.45) is 11.6. The van der Waals surface area contributed by atoms with Crippen molar-refractivity contribution in [1.29, 1.82) is 0 Å².